The lowest BCUT2D eigenvalue weighted by Crippen LogP contribution is -2.25. The van der Waals surface area contributed by atoms with Crippen molar-refractivity contribution >= 4 is 5.65 Å². The van der Waals surface area contributed by atoms with E-state index in [4.69, 9.17) is 10.4 Å². The molecule has 16 heavy (non-hydrogen) atoms. The van der Waals surface area contributed by atoms with Gasteiger partial charge >= 0.3 is 0 Å². The number of aliphatic hydroxyl groups excluding tert-OH is 1. The Morgan fingerprint density at radius 3 is 3.00 bits per heavy atom. The summed E-state index contributed by atoms with van der Waals surface area (Å²) >= 11 is 0. The Kier molecular flexibility index (Phi) is 2.46. The summed E-state index contributed by atoms with van der Waals surface area (Å²) < 4.78 is 2.50. The predicted molar refractivity (Wildman–Crippen MR) is 56.0 cm³/mol. The first-order valence-electron chi connectivity index (χ1n) is 4.80. The second-order valence-corrected chi connectivity index (χ2v) is 3.38. The highest BCUT2D eigenvalue weighted by atomic mass is 16.3. The lowest BCUT2D eigenvalue weighted by molar-refractivity contribution is 0.298. The standard InChI is InChI=1S/C10H10N4O2/c1-7-8(3-5-15)10(16)14-9(2-4-12-14)13(7)6-11/h2,4,15H,3,5H2,1H3. The van der Waals surface area contributed by atoms with Crippen LogP contribution in [0.25, 0.3) is 5.65 Å². The van der Waals surface area contributed by atoms with Gasteiger partial charge in [-0.1, -0.05) is 0 Å². The summed E-state index contributed by atoms with van der Waals surface area (Å²) in [5.41, 5.74) is 1.12. The average Bonchev–Trinajstić information content (AvgIpc) is 2.74. The number of rotatable bonds is 2. The molecule has 0 saturated carbocycles. The van der Waals surface area contributed by atoms with Gasteiger partial charge in [-0.05, 0) is 6.92 Å². The van der Waals surface area contributed by atoms with E-state index in [2.05, 4.69) is 5.10 Å². The minimum absolute atomic E-state index is 0.131. The largest absolute Gasteiger partial charge is 0.396 e. The van der Waals surface area contributed by atoms with Crippen molar-refractivity contribution in [3.05, 3.63) is 33.9 Å². The quantitative estimate of drug-likeness (QED) is 0.748. The molecule has 0 aliphatic rings. The van der Waals surface area contributed by atoms with Gasteiger partial charge in [0.1, 0.15) is 0 Å². The van der Waals surface area contributed by atoms with E-state index < -0.39 is 0 Å². The monoisotopic (exact) mass is 218 g/mol. The molecule has 0 spiro atoms. The topological polar surface area (TPSA) is 83.3 Å². The molecule has 6 heteroatoms. The van der Waals surface area contributed by atoms with Crippen molar-refractivity contribution in [2.75, 3.05) is 6.61 Å². The van der Waals surface area contributed by atoms with Gasteiger partial charge in [-0.15, -0.1) is 0 Å². The third kappa shape index (κ3) is 1.30. The molecular weight excluding hydrogens is 208 g/mol. The van der Waals surface area contributed by atoms with Crippen LogP contribution in [0.2, 0.25) is 0 Å². The summed E-state index contributed by atoms with van der Waals surface area (Å²) in [5, 5.41) is 21.8. The molecule has 2 aromatic rings. The zero-order valence-corrected chi connectivity index (χ0v) is 8.71. The lowest BCUT2D eigenvalue weighted by atomic mass is 10.2. The summed E-state index contributed by atoms with van der Waals surface area (Å²) in [7, 11) is 0. The summed E-state index contributed by atoms with van der Waals surface area (Å²) in [5.74, 6) is 0. The van der Waals surface area contributed by atoms with Crippen LogP contribution in [0.1, 0.15) is 11.3 Å². The Hall–Kier alpha value is -2.13. The molecule has 0 unspecified atom stereocenters. The van der Waals surface area contributed by atoms with Crippen LogP contribution in [0.15, 0.2) is 17.1 Å². The highest BCUT2D eigenvalue weighted by Gasteiger charge is 2.13. The number of hydrogen-bond donors (Lipinski definition) is 1. The van der Waals surface area contributed by atoms with Crippen molar-refractivity contribution in [1.82, 2.24) is 14.2 Å². The van der Waals surface area contributed by atoms with Gasteiger partial charge in [0.05, 0.1) is 6.20 Å². The van der Waals surface area contributed by atoms with Gasteiger partial charge in [-0.2, -0.15) is 14.9 Å². The number of nitriles is 1. The Morgan fingerprint density at radius 2 is 2.38 bits per heavy atom. The van der Waals surface area contributed by atoms with Crippen molar-refractivity contribution < 1.29 is 5.11 Å². The van der Waals surface area contributed by atoms with Gasteiger partial charge in [-0.25, -0.2) is 4.57 Å². The van der Waals surface area contributed by atoms with E-state index in [1.54, 1.807) is 13.0 Å². The van der Waals surface area contributed by atoms with E-state index in [-0.39, 0.29) is 18.6 Å². The molecule has 2 rings (SSSR count). The third-order valence-corrected chi connectivity index (χ3v) is 2.54. The minimum Gasteiger partial charge on any atom is -0.396 e. The van der Waals surface area contributed by atoms with Crippen molar-refractivity contribution in [1.29, 1.82) is 5.26 Å². The first-order valence-corrected chi connectivity index (χ1v) is 4.80. The van der Waals surface area contributed by atoms with Crippen LogP contribution in [0.5, 0.6) is 0 Å². The lowest BCUT2D eigenvalue weighted by Gasteiger charge is -2.08. The number of fused-ring (bicyclic) bond motifs is 1. The van der Waals surface area contributed by atoms with E-state index in [1.165, 1.54) is 15.3 Å². The molecule has 6 nitrogen and oxygen atoms in total. The van der Waals surface area contributed by atoms with Crippen molar-refractivity contribution in [3.8, 4) is 6.19 Å². The normalized spacial score (nSPS) is 10.6. The fourth-order valence-corrected chi connectivity index (χ4v) is 1.74. The first kappa shape index (κ1) is 10.4. The summed E-state index contributed by atoms with van der Waals surface area (Å²) in [4.78, 5) is 11.9. The molecule has 0 aromatic carbocycles. The fraction of sp³-hybridized carbons (Fsp3) is 0.300. The van der Waals surface area contributed by atoms with Crippen molar-refractivity contribution in [2.24, 2.45) is 0 Å². The number of nitrogens with zero attached hydrogens (tertiary/aromatic N) is 4. The van der Waals surface area contributed by atoms with Gasteiger partial charge < -0.3 is 5.11 Å². The van der Waals surface area contributed by atoms with Crippen LogP contribution in [-0.2, 0) is 6.42 Å². The molecule has 1 N–H and O–H groups in total. The molecule has 2 heterocycles. The summed E-state index contributed by atoms with van der Waals surface area (Å²) in [6.45, 7) is 1.55. The molecule has 2 aromatic heterocycles. The van der Waals surface area contributed by atoms with Gasteiger partial charge in [0, 0.05) is 30.4 Å². The van der Waals surface area contributed by atoms with Crippen LogP contribution in [0.3, 0.4) is 0 Å². The zero-order valence-electron chi connectivity index (χ0n) is 8.71. The van der Waals surface area contributed by atoms with Crippen LogP contribution < -0.4 is 5.56 Å². The van der Waals surface area contributed by atoms with Gasteiger partial charge in [0.15, 0.2) is 11.8 Å². The van der Waals surface area contributed by atoms with Crippen molar-refractivity contribution in [3.63, 3.8) is 0 Å². The molecule has 82 valence electrons. The minimum atomic E-state index is -0.280. The van der Waals surface area contributed by atoms with E-state index in [9.17, 15) is 4.79 Å². The van der Waals surface area contributed by atoms with E-state index in [0.717, 1.165) is 0 Å². The molecule has 0 bridgehead atoms. The molecule has 0 aliphatic carbocycles. The Bertz CT molecular complexity index is 633. The maximum atomic E-state index is 11.9. The SMILES string of the molecule is Cc1c(CCO)c(=O)n2nccc2n1C#N. The first-order chi connectivity index (χ1) is 7.70. The molecular formula is C10H10N4O2. The highest BCUT2D eigenvalue weighted by molar-refractivity contribution is 5.44. The number of aliphatic hydroxyl groups is 1. The zero-order chi connectivity index (χ0) is 11.7. The van der Waals surface area contributed by atoms with Crippen LogP contribution >= 0.6 is 0 Å². The van der Waals surface area contributed by atoms with Crippen LogP contribution in [-0.4, -0.2) is 25.9 Å². The summed E-state index contributed by atoms with van der Waals surface area (Å²) in [6, 6.07) is 1.60. The van der Waals surface area contributed by atoms with Gasteiger partial charge in [-0.3, -0.25) is 4.79 Å². The van der Waals surface area contributed by atoms with E-state index >= 15 is 0 Å². The maximum absolute atomic E-state index is 11.9. The Labute approximate surface area is 91.0 Å². The molecule has 0 aliphatic heterocycles. The second-order valence-electron chi connectivity index (χ2n) is 3.38. The molecule has 0 saturated heterocycles. The third-order valence-electron chi connectivity index (χ3n) is 2.54. The predicted octanol–water partition coefficient (Wildman–Crippen LogP) is -0.332. The van der Waals surface area contributed by atoms with Crippen molar-refractivity contribution in [2.45, 2.75) is 13.3 Å². The fourth-order valence-electron chi connectivity index (χ4n) is 1.74. The smallest absolute Gasteiger partial charge is 0.277 e. The molecule has 0 atom stereocenters. The Morgan fingerprint density at radius 1 is 1.62 bits per heavy atom. The second kappa shape index (κ2) is 3.79. The maximum Gasteiger partial charge on any atom is 0.277 e. The number of aromatic nitrogens is 3. The van der Waals surface area contributed by atoms with Crippen LogP contribution in [0.4, 0.5) is 0 Å². The summed E-state index contributed by atoms with van der Waals surface area (Å²) in [6.07, 6.45) is 3.68. The van der Waals surface area contributed by atoms with Gasteiger partial charge in [0.2, 0.25) is 0 Å². The number of hydrogen-bond acceptors (Lipinski definition) is 4. The van der Waals surface area contributed by atoms with Gasteiger partial charge in [0.25, 0.3) is 5.56 Å². The molecule has 0 fully saturated rings. The van der Waals surface area contributed by atoms with E-state index in [1.807, 2.05) is 6.19 Å². The van der Waals surface area contributed by atoms with Crippen LogP contribution in [0, 0.1) is 18.4 Å². The Balaban J connectivity index is 2.92. The average molecular weight is 218 g/mol. The molecule has 0 radical (unpaired) electrons. The highest BCUT2D eigenvalue weighted by Crippen LogP contribution is 2.08. The van der Waals surface area contributed by atoms with E-state index in [0.29, 0.717) is 16.9 Å². The molecule has 0 amide bonds.